The van der Waals surface area contributed by atoms with Gasteiger partial charge in [-0.15, -0.1) is 0 Å². The zero-order valence-electron chi connectivity index (χ0n) is 10.1. The van der Waals surface area contributed by atoms with Crippen LogP contribution >= 0.6 is 11.6 Å². The topological polar surface area (TPSA) is 49.5 Å². The summed E-state index contributed by atoms with van der Waals surface area (Å²) in [4.78, 5) is 1.39. The average molecular weight is 279 g/mol. The zero-order valence-corrected chi connectivity index (χ0v) is 10.9. The summed E-state index contributed by atoms with van der Waals surface area (Å²) in [7, 11) is 0. The van der Waals surface area contributed by atoms with Crippen molar-refractivity contribution in [3.63, 3.8) is 0 Å². The van der Waals surface area contributed by atoms with Gasteiger partial charge < -0.3 is 15.7 Å². The van der Waals surface area contributed by atoms with Gasteiger partial charge in [0.1, 0.15) is 0 Å². The second kappa shape index (κ2) is 6.87. The number of aliphatic hydroxyl groups excluding tert-OH is 1. The number of aliphatic hydroxyl groups is 1. The molecule has 0 aromatic heterocycles. The first-order chi connectivity index (χ1) is 8.45. The lowest BCUT2D eigenvalue weighted by atomic mass is 10.1. The lowest BCUT2D eigenvalue weighted by Crippen LogP contribution is -2.31. The number of anilines is 1. The van der Waals surface area contributed by atoms with Crippen LogP contribution in [0.5, 0.6) is 0 Å². The van der Waals surface area contributed by atoms with Gasteiger partial charge in [-0.2, -0.15) is 0 Å². The summed E-state index contributed by atoms with van der Waals surface area (Å²) >= 11 is 6.05. The Labute approximate surface area is 110 Å². The van der Waals surface area contributed by atoms with Crippen LogP contribution in [0.2, 0.25) is 5.02 Å². The molecule has 0 aliphatic carbocycles. The van der Waals surface area contributed by atoms with Gasteiger partial charge in [0, 0.05) is 23.3 Å². The number of hydrogen-bond donors (Lipinski definition) is 2. The van der Waals surface area contributed by atoms with Gasteiger partial charge in [-0.3, -0.25) is 0 Å². The Kier molecular flexibility index (Phi) is 5.78. The van der Waals surface area contributed by atoms with Crippen molar-refractivity contribution in [2.24, 2.45) is 5.73 Å². The molecule has 1 rings (SSSR count). The van der Waals surface area contributed by atoms with Crippen LogP contribution in [0.1, 0.15) is 18.5 Å². The van der Waals surface area contributed by atoms with Crippen LogP contribution in [0.15, 0.2) is 18.2 Å². The van der Waals surface area contributed by atoms with E-state index in [4.69, 9.17) is 22.4 Å². The van der Waals surface area contributed by atoms with Crippen molar-refractivity contribution in [3.05, 3.63) is 28.8 Å². The largest absolute Gasteiger partial charge is 0.395 e. The predicted octanol–water partition coefficient (Wildman–Crippen LogP) is 2.42. The molecule has 3 N–H and O–H groups in total. The number of nitrogens with zero attached hydrogens (tertiary/aromatic N) is 1. The maximum Gasteiger partial charge on any atom is 0.255 e. The molecule has 0 heterocycles. The highest BCUT2D eigenvalue weighted by Gasteiger charge is 2.14. The van der Waals surface area contributed by atoms with Crippen LogP contribution in [0, 0.1) is 0 Å². The average Bonchev–Trinajstić information content (AvgIpc) is 2.27. The second-order valence-electron chi connectivity index (χ2n) is 4.06. The first kappa shape index (κ1) is 15.1. The molecule has 6 heteroatoms. The van der Waals surface area contributed by atoms with E-state index in [0.717, 1.165) is 5.56 Å². The minimum Gasteiger partial charge on any atom is -0.395 e. The number of benzene rings is 1. The summed E-state index contributed by atoms with van der Waals surface area (Å²) in [6, 6.07) is 4.78. The number of halogens is 3. The predicted molar refractivity (Wildman–Crippen MR) is 69.4 cm³/mol. The van der Waals surface area contributed by atoms with E-state index in [-0.39, 0.29) is 19.2 Å². The molecule has 102 valence electrons. The highest BCUT2D eigenvalue weighted by atomic mass is 35.5. The zero-order chi connectivity index (χ0) is 13.7. The van der Waals surface area contributed by atoms with Crippen LogP contribution in [0.4, 0.5) is 14.5 Å². The summed E-state index contributed by atoms with van der Waals surface area (Å²) in [5.41, 5.74) is 7.04. The summed E-state index contributed by atoms with van der Waals surface area (Å²) in [6.45, 7) is 1.30. The molecule has 18 heavy (non-hydrogen) atoms. The van der Waals surface area contributed by atoms with Crippen molar-refractivity contribution < 1.29 is 13.9 Å². The van der Waals surface area contributed by atoms with E-state index in [1.54, 1.807) is 25.1 Å². The van der Waals surface area contributed by atoms with Gasteiger partial charge in [0.25, 0.3) is 6.43 Å². The third kappa shape index (κ3) is 4.08. The molecule has 0 aliphatic rings. The number of nitrogens with two attached hydrogens (primary N) is 1. The Morgan fingerprint density at radius 2 is 2.11 bits per heavy atom. The molecule has 0 bridgehead atoms. The highest BCUT2D eigenvalue weighted by Crippen LogP contribution is 2.27. The Morgan fingerprint density at radius 3 is 2.56 bits per heavy atom. The number of hydrogen-bond acceptors (Lipinski definition) is 3. The maximum atomic E-state index is 12.4. The number of alkyl halides is 2. The molecule has 1 aromatic rings. The van der Waals surface area contributed by atoms with Gasteiger partial charge >= 0.3 is 0 Å². The quantitative estimate of drug-likeness (QED) is 0.840. The lowest BCUT2D eigenvalue weighted by Gasteiger charge is -2.24. The fourth-order valence-corrected chi connectivity index (χ4v) is 2.04. The fraction of sp³-hybridized carbons (Fsp3) is 0.500. The van der Waals surface area contributed by atoms with Gasteiger partial charge in [-0.05, 0) is 24.6 Å². The van der Waals surface area contributed by atoms with Gasteiger partial charge in [-0.25, -0.2) is 8.78 Å². The monoisotopic (exact) mass is 278 g/mol. The third-order valence-electron chi connectivity index (χ3n) is 2.57. The number of rotatable bonds is 6. The maximum absolute atomic E-state index is 12.4. The molecular weight excluding hydrogens is 262 g/mol. The van der Waals surface area contributed by atoms with Crippen molar-refractivity contribution in [2.75, 3.05) is 24.6 Å². The van der Waals surface area contributed by atoms with E-state index >= 15 is 0 Å². The summed E-state index contributed by atoms with van der Waals surface area (Å²) in [5.74, 6) is 0. The molecule has 0 fully saturated rings. The molecule has 1 unspecified atom stereocenters. The molecule has 0 saturated heterocycles. The minimum atomic E-state index is -2.47. The molecule has 3 nitrogen and oxygen atoms in total. The second-order valence-corrected chi connectivity index (χ2v) is 4.46. The van der Waals surface area contributed by atoms with Gasteiger partial charge in [-0.1, -0.05) is 17.7 Å². The molecule has 1 atom stereocenters. The SMILES string of the molecule is CC(N)c1ccc(N(CCO)CC(F)F)cc1Cl. The summed E-state index contributed by atoms with van der Waals surface area (Å²) < 4.78 is 24.9. The molecule has 0 amide bonds. The van der Waals surface area contributed by atoms with Crippen LogP contribution in [-0.4, -0.2) is 31.2 Å². The Bertz CT molecular complexity index is 388. The Hall–Kier alpha value is -0.910. The molecule has 0 aliphatic heterocycles. The van der Waals surface area contributed by atoms with Crippen LogP contribution < -0.4 is 10.6 Å². The van der Waals surface area contributed by atoms with Gasteiger partial charge in [0.2, 0.25) is 0 Å². The fourth-order valence-electron chi connectivity index (χ4n) is 1.70. The normalized spacial score (nSPS) is 12.8. The van der Waals surface area contributed by atoms with E-state index in [2.05, 4.69) is 0 Å². The minimum absolute atomic E-state index is 0.137. The smallest absolute Gasteiger partial charge is 0.255 e. The van der Waals surface area contributed by atoms with Crippen molar-refractivity contribution >= 4 is 17.3 Å². The third-order valence-corrected chi connectivity index (χ3v) is 2.90. The highest BCUT2D eigenvalue weighted by molar-refractivity contribution is 6.31. The van der Waals surface area contributed by atoms with Crippen LogP contribution in [0.3, 0.4) is 0 Å². The first-order valence-corrected chi connectivity index (χ1v) is 6.02. The molecule has 0 saturated carbocycles. The van der Waals surface area contributed by atoms with E-state index < -0.39 is 13.0 Å². The van der Waals surface area contributed by atoms with Crippen molar-refractivity contribution in [2.45, 2.75) is 19.4 Å². The molecular formula is C12H17ClF2N2O. The molecule has 0 spiro atoms. The van der Waals surface area contributed by atoms with E-state index in [9.17, 15) is 8.78 Å². The molecule has 0 radical (unpaired) electrons. The summed E-state index contributed by atoms with van der Waals surface area (Å²) in [5, 5.41) is 9.33. The molecule has 1 aromatic carbocycles. The van der Waals surface area contributed by atoms with Crippen molar-refractivity contribution in [1.82, 2.24) is 0 Å². The van der Waals surface area contributed by atoms with E-state index in [0.29, 0.717) is 10.7 Å². The van der Waals surface area contributed by atoms with Crippen LogP contribution in [0.25, 0.3) is 0 Å². The van der Waals surface area contributed by atoms with Crippen molar-refractivity contribution in [1.29, 1.82) is 0 Å². The van der Waals surface area contributed by atoms with Crippen molar-refractivity contribution in [3.8, 4) is 0 Å². The summed E-state index contributed by atoms with van der Waals surface area (Å²) in [6.07, 6.45) is -2.47. The Balaban J connectivity index is 2.95. The van der Waals surface area contributed by atoms with E-state index in [1.807, 2.05) is 0 Å². The van der Waals surface area contributed by atoms with Gasteiger partial charge in [0.05, 0.1) is 13.2 Å². The van der Waals surface area contributed by atoms with Gasteiger partial charge in [0.15, 0.2) is 0 Å². The van der Waals surface area contributed by atoms with E-state index in [1.165, 1.54) is 4.90 Å². The standard InChI is InChI=1S/C12H17ClF2N2O/c1-8(16)10-3-2-9(6-11(10)13)17(4-5-18)7-12(14)15/h2-3,6,8,12,18H,4-5,7,16H2,1H3. The Morgan fingerprint density at radius 1 is 1.44 bits per heavy atom. The lowest BCUT2D eigenvalue weighted by molar-refractivity contribution is 0.153. The van der Waals surface area contributed by atoms with Crippen LogP contribution in [-0.2, 0) is 0 Å². The first-order valence-electron chi connectivity index (χ1n) is 5.64.